The molecule has 0 aliphatic rings. The van der Waals surface area contributed by atoms with Crippen LogP contribution in [0, 0.1) is 5.82 Å². The Morgan fingerprint density at radius 3 is 2.39 bits per heavy atom. The molecule has 0 aliphatic heterocycles. The fourth-order valence-electron chi connectivity index (χ4n) is 1.98. The summed E-state index contributed by atoms with van der Waals surface area (Å²) in [5.74, 6) is -0.208. The molecule has 0 atom stereocenters. The van der Waals surface area contributed by atoms with Crippen LogP contribution in [0.25, 0.3) is 0 Å². The Labute approximate surface area is 140 Å². The molecule has 1 N–H and O–H groups in total. The zero-order chi connectivity index (χ0) is 17.0. The minimum atomic E-state index is -0.455. The first-order valence-electron chi connectivity index (χ1n) is 7.24. The number of benzene rings is 2. The van der Waals surface area contributed by atoms with E-state index in [9.17, 15) is 9.18 Å². The second kappa shape index (κ2) is 7.01. The van der Waals surface area contributed by atoms with Crippen LogP contribution >= 0.6 is 11.6 Å². The van der Waals surface area contributed by atoms with Gasteiger partial charge in [-0.1, -0.05) is 44.5 Å². The highest BCUT2D eigenvalue weighted by Crippen LogP contribution is 2.24. The molecule has 0 radical (unpaired) electrons. The van der Waals surface area contributed by atoms with Crippen molar-refractivity contribution in [2.75, 3.05) is 11.9 Å². The number of carbonyl (C=O) groups is 1. The summed E-state index contributed by atoms with van der Waals surface area (Å²) in [6.07, 6.45) is 0. The first kappa shape index (κ1) is 17.3. The number of halogens is 2. The predicted octanol–water partition coefficient (Wildman–Crippen LogP) is 4.79. The van der Waals surface area contributed by atoms with E-state index in [1.54, 1.807) is 0 Å². The molecule has 0 heterocycles. The van der Waals surface area contributed by atoms with Gasteiger partial charge in [-0.2, -0.15) is 0 Å². The largest absolute Gasteiger partial charge is 0.484 e. The summed E-state index contributed by atoms with van der Waals surface area (Å²) in [6, 6.07) is 11.4. The molecule has 2 rings (SSSR count). The van der Waals surface area contributed by atoms with Crippen LogP contribution in [0.1, 0.15) is 26.3 Å². The average Bonchev–Trinajstić information content (AvgIpc) is 2.47. The zero-order valence-corrected chi connectivity index (χ0v) is 14.1. The highest BCUT2D eigenvalue weighted by Gasteiger charge is 2.13. The molecule has 122 valence electrons. The molecule has 1 amide bonds. The lowest BCUT2D eigenvalue weighted by Crippen LogP contribution is -2.20. The third-order valence-corrected chi connectivity index (χ3v) is 3.61. The average molecular weight is 336 g/mol. The Bertz CT molecular complexity index is 693. The molecule has 0 saturated carbocycles. The Morgan fingerprint density at radius 2 is 1.83 bits per heavy atom. The van der Waals surface area contributed by atoms with Crippen molar-refractivity contribution < 1.29 is 13.9 Å². The number of ether oxygens (including phenoxy) is 1. The van der Waals surface area contributed by atoms with Crippen molar-refractivity contribution >= 4 is 23.2 Å². The fourth-order valence-corrected chi connectivity index (χ4v) is 2.19. The number of anilines is 1. The summed E-state index contributed by atoms with van der Waals surface area (Å²) in [7, 11) is 0. The number of hydrogen-bond donors (Lipinski definition) is 1. The second-order valence-electron chi connectivity index (χ2n) is 6.24. The fraction of sp³-hybridized carbons (Fsp3) is 0.278. The third-order valence-electron chi connectivity index (χ3n) is 3.30. The van der Waals surface area contributed by atoms with Gasteiger partial charge in [0.25, 0.3) is 5.91 Å². The monoisotopic (exact) mass is 335 g/mol. The van der Waals surface area contributed by atoms with Crippen LogP contribution in [0.2, 0.25) is 5.02 Å². The number of carbonyl (C=O) groups excluding carboxylic acids is 1. The molecule has 0 unspecified atom stereocenters. The van der Waals surface area contributed by atoms with Crippen molar-refractivity contribution in [2.45, 2.75) is 26.2 Å². The summed E-state index contributed by atoms with van der Waals surface area (Å²) >= 11 is 5.86. The van der Waals surface area contributed by atoms with Crippen molar-refractivity contribution in [1.82, 2.24) is 0 Å². The van der Waals surface area contributed by atoms with Crippen molar-refractivity contribution in [3.63, 3.8) is 0 Å². The van der Waals surface area contributed by atoms with E-state index in [1.165, 1.54) is 17.7 Å². The van der Waals surface area contributed by atoms with Gasteiger partial charge >= 0.3 is 0 Å². The molecule has 3 nitrogen and oxygen atoms in total. The van der Waals surface area contributed by atoms with E-state index in [2.05, 4.69) is 26.1 Å². The van der Waals surface area contributed by atoms with Gasteiger partial charge in [-0.25, -0.2) is 4.39 Å². The Kier molecular flexibility index (Phi) is 5.26. The first-order valence-corrected chi connectivity index (χ1v) is 7.62. The van der Waals surface area contributed by atoms with Crippen LogP contribution in [0.5, 0.6) is 5.75 Å². The Hall–Kier alpha value is -2.07. The van der Waals surface area contributed by atoms with E-state index in [4.69, 9.17) is 16.3 Å². The normalized spacial score (nSPS) is 11.2. The van der Waals surface area contributed by atoms with Crippen LogP contribution in [-0.4, -0.2) is 12.5 Å². The van der Waals surface area contributed by atoms with E-state index in [0.717, 1.165) is 6.07 Å². The highest BCUT2D eigenvalue weighted by molar-refractivity contribution is 6.33. The van der Waals surface area contributed by atoms with Crippen LogP contribution < -0.4 is 10.1 Å². The van der Waals surface area contributed by atoms with Gasteiger partial charge < -0.3 is 10.1 Å². The topological polar surface area (TPSA) is 38.3 Å². The van der Waals surface area contributed by atoms with Crippen LogP contribution in [0.4, 0.5) is 10.1 Å². The quantitative estimate of drug-likeness (QED) is 0.872. The van der Waals surface area contributed by atoms with E-state index in [0.29, 0.717) is 11.4 Å². The number of amides is 1. The van der Waals surface area contributed by atoms with Gasteiger partial charge in [0.1, 0.15) is 11.6 Å². The van der Waals surface area contributed by atoms with Gasteiger partial charge in [-0.15, -0.1) is 0 Å². The molecule has 0 aliphatic carbocycles. The zero-order valence-electron chi connectivity index (χ0n) is 13.3. The van der Waals surface area contributed by atoms with Crippen LogP contribution in [0.15, 0.2) is 42.5 Å². The summed E-state index contributed by atoms with van der Waals surface area (Å²) in [6.45, 7) is 6.23. The molecule has 0 fully saturated rings. The first-order chi connectivity index (χ1) is 10.8. The Morgan fingerprint density at radius 1 is 1.17 bits per heavy atom. The molecule has 5 heteroatoms. The van der Waals surface area contributed by atoms with Gasteiger partial charge in [-0.3, -0.25) is 4.79 Å². The van der Waals surface area contributed by atoms with Crippen molar-refractivity contribution in [3.05, 3.63) is 58.9 Å². The number of rotatable bonds is 4. The summed E-state index contributed by atoms with van der Waals surface area (Å²) in [5.41, 5.74) is 1.60. The number of hydrogen-bond acceptors (Lipinski definition) is 2. The van der Waals surface area contributed by atoms with Crippen molar-refractivity contribution in [3.8, 4) is 5.75 Å². The maximum absolute atomic E-state index is 12.9. The molecule has 2 aromatic rings. The van der Waals surface area contributed by atoms with Crippen LogP contribution in [0.3, 0.4) is 0 Å². The maximum atomic E-state index is 12.9. The minimum absolute atomic E-state index is 0.0647. The molecule has 0 saturated heterocycles. The lowest BCUT2D eigenvalue weighted by Gasteiger charge is -2.19. The number of nitrogens with one attached hydrogen (secondary N) is 1. The lowest BCUT2D eigenvalue weighted by atomic mass is 9.87. The van der Waals surface area contributed by atoms with Gasteiger partial charge in [0.15, 0.2) is 6.61 Å². The standard InChI is InChI=1S/C18H19ClFNO2/c1-18(2,3)12-4-7-14(8-5-12)23-11-17(22)21-16-9-6-13(20)10-15(16)19/h4-10H,11H2,1-3H3,(H,21,22). The van der Waals surface area contributed by atoms with E-state index in [-0.39, 0.29) is 23.0 Å². The van der Waals surface area contributed by atoms with Gasteiger partial charge in [-0.05, 0) is 41.3 Å². The molecule has 0 bridgehead atoms. The molecule has 23 heavy (non-hydrogen) atoms. The summed E-state index contributed by atoms with van der Waals surface area (Å²) in [4.78, 5) is 11.9. The van der Waals surface area contributed by atoms with Crippen molar-refractivity contribution in [2.24, 2.45) is 0 Å². The predicted molar refractivity (Wildman–Crippen MR) is 90.7 cm³/mol. The van der Waals surface area contributed by atoms with Crippen molar-refractivity contribution in [1.29, 1.82) is 0 Å². The van der Waals surface area contributed by atoms with Gasteiger partial charge in [0.2, 0.25) is 0 Å². The van der Waals surface area contributed by atoms with Crippen LogP contribution in [-0.2, 0) is 10.2 Å². The molecular weight excluding hydrogens is 317 g/mol. The van der Waals surface area contributed by atoms with E-state index in [1.807, 2.05) is 24.3 Å². The lowest BCUT2D eigenvalue weighted by molar-refractivity contribution is -0.118. The molecular formula is C18H19ClFNO2. The Balaban J connectivity index is 1.91. The van der Waals surface area contributed by atoms with Gasteiger partial charge in [0.05, 0.1) is 10.7 Å². The van der Waals surface area contributed by atoms with E-state index < -0.39 is 5.82 Å². The van der Waals surface area contributed by atoms with E-state index >= 15 is 0 Å². The highest BCUT2D eigenvalue weighted by atomic mass is 35.5. The molecule has 0 spiro atoms. The summed E-state index contributed by atoms with van der Waals surface area (Å²) < 4.78 is 18.4. The smallest absolute Gasteiger partial charge is 0.262 e. The SMILES string of the molecule is CC(C)(C)c1ccc(OCC(=O)Nc2ccc(F)cc2Cl)cc1. The maximum Gasteiger partial charge on any atom is 0.262 e. The molecule has 0 aromatic heterocycles. The van der Waals surface area contributed by atoms with Gasteiger partial charge in [0, 0.05) is 0 Å². The summed E-state index contributed by atoms with van der Waals surface area (Å²) in [5, 5.41) is 2.73. The third kappa shape index (κ3) is 4.96. The molecule has 2 aromatic carbocycles. The second-order valence-corrected chi connectivity index (χ2v) is 6.64. The minimum Gasteiger partial charge on any atom is -0.484 e.